The molecule has 0 aliphatic rings. The summed E-state index contributed by atoms with van der Waals surface area (Å²) in [6.07, 6.45) is 0. The lowest BCUT2D eigenvalue weighted by Crippen LogP contribution is -2.30. The number of aromatic nitrogens is 1. The van der Waals surface area contributed by atoms with Gasteiger partial charge in [-0.15, -0.1) is 0 Å². The third kappa shape index (κ3) is 4.87. The SMILES string of the molecule is O=C(Cn1c(=O)cc(C(=O)NCc2ccccc2)c2ccccc21)Nc1ccc(Cl)cc1. The molecule has 32 heavy (non-hydrogen) atoms. The fourth-order valence-corrected chi connectivity index (χ4v) is 3.56. The number of rotatable bonds is 6. The summed E-state index contributed by atoms with van der Waals surface area (Å²) in [7, 11) is 0. The van der Waals surface area contributed by atoms with Crippen molar-refractivity contribution in [1.29, 1.82) is 0 Å². The maximum Gasteiger partial charge on any atom is 0.252 e. The van der Waals surface area contributed by atoms with Gasteiger partial charge in [-0.3, -0.25) is 19.0 Å². The minimum atomic E-state index is -0.431. The summed E-state index contributed by atoms with van der Waals surface area (Å²) in [5.41, 5.74) is 1.89. The van der Waals surface area contributed by atoms with Crippen LogP contribution in [0.15, 0.2) is 89.7 Å². The number of hydrogen-bond donors (Lipinski definition) is 2. The Labute approximate surface area is 189 Å². The van der Waals surface area contributed by atoms with Crippen LogP contribution in [-0.2, 0) is 17.9 Å². The van der Waals surface area contributed by atoms with E-state index in [2.05, 4.69) is 10.6 Å². The molecular formula is C25H20ClN3O3. The van der Waals surface area contributed by atoms with E-state index in [1.807, 2.05) is 30.3 Å². The van der Waals surface area contributed by atoms with E-state index in [4.69, 9.17) is 11.6 Å². The smallest absolute Gasteiger partial charge is 0.252 e. The second-order valence-electron chi connectivity index (χ2n) is 7.22. The Morgan fingerprint density at radius 2 is 1.56 bits per heavy atom. The van der Waals surface area contributed by atoms with E-state index < -0.39 is 5.56 Å². The number of anilines is 1. The van der Waals surface area contributed by atoms with Crippen LogP contribution < -0.4 is 16.2 Å². The van der Waals surface area contributed by atoms with Gasteiger partial charge in [-0.25, -0.2) is 0 Å². The fourth-order valence-electron chi connectivity index (χ4n) is 3.44. The molecule has 0 spiro atoms. The largest absolute Gasteiger partial charge is 0.348 e. The first-order valence-electron chi connectivity index (χ1n) is 10.0. The molecule has 0 saturated carbocycles. The Balaban J connectivity index is 1.59. The maximum absolute atomic E-state index is 12.9. The molecule has 0 unspecified atom stereocenters. The lowest BCUT2D eigenvalue weighted by atomic mass is 10.1. The molecule has 0 aliphatic heterocycles. The summed E-state index contributed by atoms with van der Waals surface area (Å²) in [4.78, 5) is 38.2. The van der Waals surface area contributed by atoms with Crippen molar-refractivity contribution in [1.82, 2.24) is 9.88 Å². The van der Waals surface area contributed by atoms with Gasteiger partial charge in [0.05, 0.1) is 11.1 Å². The molecule has 0 saturated heterocycles. The highest BCUT2D eigenvalue weighted by atomic mass is 35.5. The van der Waals surface area contributed by atoms with Gasteiger partial charge in [0.2, 0.25) is 5.91 Å². The van der Waals surface area contributed by atoms with E-state index in [0.717, 1.165) is 5.56 Å². The highest BCUT2D eigenvalue weighted by Gasteiger charge is 2.16. The quantitative estimate of drug-likeness (QED) is 0.466. The van der Waals surface area contributed by atoms with E-state index in [9.17, 15) is 14.4 Å². The van der Waals surface area contributed by atoms with E-state index in [-0.39, 0.29) is 23.9 Å². The van der Waals surface area contributed by atoms with Crippen molar-refractivity contribution >= 4 is 40.0 Å². The first-order chi connectivity index (χ1) is 15.5. The first kappa shape index (κ1) is 21.3. The molecule has 160 valence electrons. The van der Waals surface area contributed by atoms with Crippen LogP contribution in [0.3, 0.4) is 0 Å². The fraction of sp³-hybridized carbons (Fsp3) is 0.0800. The second-order valence-corrected chi connectivity index (χ2v) is 7.66. The van der Waals surface area contributed by atoms with E-state index in [0.29, 0.717) is 28.2 Å². The lowest BCUT2D eigenvalue weighted by molar-refractivity contribution is -0.116. The average Bonchev–Trinajstić information content (AvgIpc) is 2.81. The highest BCUT2D eigenvalue weighted by Crippen LogP contribution is 2.18. The monoisotopic (exact) mass is 445 g/mol. The van der Waals surface area contributed by atoms with Crippen LogP contribution in [-0.4, -0.2) is 16.4 Å². The normalized spacial score (nSPS) is 10.7. The van der Waals surface area contributed by atoms with Gasteiger partial charge in [0.25, 0.3) is 11.5 Å². The molecule has 0 fully saturated rings. The zero-order chi connectivity index (χ0) is 22.5. The topological polar surface area (TPSA) is 80.2 Å². The number of carbonyl (C=O) groups excluding carboxylic acids is 2. The summed E-state index contributed by atoms with van der Waals surface area (Å²) < 4.78 is 1.36. The molecule has 0 aliphatic carbocycles. The Morgan fingerprint density at radius 3 is 2.31 bits per heavy atom. The molecule has 6 nitrogen and oxygen atoms in total. The van der Waals surface area contributed by atoms with Crippen LogP contribution in [0, 0.1) is 0 Å². The van der Waals surface area contributed by atoms with Gasteiger partial charge in [-0.05, 0) is 35.9 Å². The molecular weight excluding hydrogens is 426 g/mol. The van der Waals surface area contributed by atoms with Crippen LogP contribution in [0.4, 0.5) is 5.69 Å². The molecule has 1 aromatic heterocycles. The summed E-state index contributed by atoms with van der Waals surface area (Å²) in [5, 5.41) is 6.76. The number of fused-ring (bicyclic) bond motifs is 1. The summed E-state index contributed by atoms with van der Waals surface area (Å²) in [5.74, 6) is -0.708. The minimum absolute atomic E-state index is 0.187. The number of amides is 2. The van der Waals surface area contributed by atoms with Crippen molar-refractivity contribution in [3.05, 3.63) is 111 Å². The van der Waals surface area contributed by atoms with Crippen LogP contribution in [0.2, 0.25) is 5.02 Å². The standard InChI is InChI=1S/C25H20ClN3O3/c26-18-10-12-19(13-11-18)28-23(30)16-29-22-9-5-4-8-20(22)21(14-24(29)31)25(32)27-15-17-6-2-1-3-7-17/h1-14H,15-16H2,(H,27,32)(H,28,30). The van der Waals surface area contributed by atoms with Gasteiger partial charge in [0.1, 0.15) is 6.54 Å². The highest BCUT2D eigenvalue weighted by molar-refractivity contribution is 6.30. The molecule has 3 aromatic carbocycles. The number of carbonyl (C=O) groups is 2. The lowest BCUT2D eigenvalue weighted by Gasteiger charge is -2.14. The number of nitrogens with zero attached hydrogens (tertiary/aromatic N) is 1. The summed E-state index contributed by atoms with van der Waals surface area (Å²) >= 11 is 5.87. The van der Waals surface area contributed by atoms with Crippen molar-refractivity contribution in [2.45, 2.75) is 13.1 Å². The minimum Gasteiger partial charge on any atom is -0.348 e. The number of pyridine rings is 1. The molecule has 4 rings (SSSR count). The Bertz CT molecular complexity index is 1330. The number of benzene rings is 3. The number of nitrogens with one attached hydrogen (secondary N) is 2. The van der Waals surface area contributed by atoms with Crippen LogP contribution in [0.5, 0.6) is 0 Å². The third-order valence-corrected chi connectivity index (χ3v) is 5.24. The van der Waals surface area contributed by atoms with Crippen molar-refractivity contribution in [2.24, 2.45) is 0 Å². The zero-order valence-electron chi connectivity index (χ0n) is 17.0. The number of halogens is 1. The van der Waals surface area contributed by atoms with Crippen molar-refractivity contribution in [3.8, 4) is 0 Å². The average molecular weight is 446 g/mol. The van der Waals surface area contributed by atoms with Gasteiger partial charge >= 0.3 is 0 Å². The van der Waals surface area contributed by atoms with Crippen LogP contribution in [0.1, 0.15) is 15.9 Å². The Kier molecular flexibility index (Phi) is 6.33. The van der Waals surface area contributed by atoms with Gasteiger partial charge in [-0.1, -0.05) is 60.1 Å². The molecule has 2 N–H and O–H groups in total. The van der Waals surface area contributed by atoms with E-state index in [1.54, 1.807) is 48.5 Å². The van der Waals surface area contributed by atoms with Gasteiger partial charge in [0, 0.05) is 28.7 Å². The molecule has 0 radical (unpaired) electrons. The van der Waals surface area contributed by atoms with Crippen molar-refractivity contribution in [2.75, 3.05) is 5.32 Å². The van der Waals surface area contributed by atoms with Crippen molar-refractivity contribution in [3.63, 3.8) is 0 Å². The number of para-hydroxylation sites is 1. The molecule has 1 heterocycles. The van der Waals surface area contributed by atoms with Crippen LogP contribution in [0.25, 0.3) is 10.9 Å². The van der Waals surface area contributed by atoms with Crippen LogP contribution >= 0.6 is 11.6 Å². The molecule has 0 atom stereocenters. The molecule has 4 aromatic rings. The van der Waals surface area contributed by atoms with Gasteiger partial charge in [-0.2, -0.15) is 0 Å². The van der Waals surface area contributed by atoms with Gasteiger partial charge < -0.3 is 10.6 Å². The predicted octanol–water partition coefficient (Wildman–Crippen LogP) is 4.22. The second kappa shape index (κ2) is 9.49. The Morgan fingerprint density at radius 1 is 0.875 bits per heavy atom. The molecule has 0 bridgehead atoms. The number of hydrogen-bond acceptors (Lipinski definition) is 3. The van der Waals surface area contributed by atoms with Crippen molar-refractivity contribution < 1.29 is 9.59 Å². The summed E-state index contributed by atoms with van der Waals surface area (Å²) in [6.45, 7) is 0.161. The zero-order valence-corrected chi connectivity index (χ0v) is 17.8. The third-order valence-electron chi connectivity index (χ3n) is 4.99. The Hall–Kier alpha value is -3.90. The first-order valence-corrected chi connectivity index (χ1v) is 10.4. The van der Waals surface area contributed by atoms with Gasteiger partial charge in [0.15, 0.2) is 0 Å². The maximum atomic E-state index is 12.9. The summed E-state index contributed by atoms with van der Waals surface area (Å²) in [6, 6.07) is 24.5. The van der Waals surface area contributed by atoms with E-state index >= 15 is 0 Å². The predicted molar refractivity (Wildman–Crippen MR) is 126 cm³/mol. The molecule has 7 heteroatoms. The molecule has 2 amide bonds. The van der Waals surface area contributed by atoms with E-state index in [1.165, 1.54) is 10.6 Å².